The van der Waals surface area contributed by atoms with E-state index in [9.17, 15) is 14.4 Å². The van der Waals surface area contributed by atoms with Gasteiger partial charge in [-0.2, -0.15) is 0 Å². The van der Waals surface area contributed by atoms with Crippen LogP contribution in [0.1, 0.15) is 18.4 Å². The summed E-state index contributed by atoms with van der Waals surface area (Å²) >= 11 is 6.50. The zero-order chi connectivity index (χ0) is 21.5. The lowest BCUT2D eigenvalue weighted by molar-refractivity contribution is -0.136. The van der Waals surface area contributed by atoms with Gasteiger partial charge in [-0.3, -0.25) is 19.3 Å². The lowest BCUT2D eigenvalue weighted by Crippen LogP contribution is -2.34. The number of carbonyl (C=O) groups is 3. The van der Waals surface area contributed by atoms with E-state index >= 15 is 0 Å². The van der Waals surface area contributed by atoms with Crippen LogP contribution in [0.3, 0.4) is 0 Å². The van der Waals surface area contributed by atoms with Gasteiger partial charge in [0.05, 0.1) is 11.3 Å². The second-order valence-corrected chi connectivity index (χ2v) is 8.24. The van der Waals surface area contributed by atoms with E-state index in [4.69, 9.17) is 17.3 Å². The molecule has 0 spiro atoms. The zero-order valence-electron chi connectivity index (χ0n) is 16.0. The molecule has 1 heterocycles. The second-order valence-electron chi connectivity index (χ2n) is 6.57. The van der Waals surface area contributed by atoms with E-state index < -0.39 is 5.97 Å². The summed E-state index contributed by atoms with van der Waals surface area (Å²) in [6.07, 6.45) is 1.71. The van der Waals surface area contributed by atoms with Crippen molar-refractivity contribution in [1.29, 1.82) is 0 Å². The first-order valence-electron chi connectivity index (χ1n) is 9.33. The average molecular weight is 441 g/mol. The molecule has 154 valence electrons. The molecule has 0 saturated carbocycles. The fourth-order valence-corrected chi connectivity index (χ4v) is 4.17. The lowest BCUT2D eigenvalue weighted by Gasteiger charge is -2.13. The zero-order valence-corrected chi connectivity index (χ0v) is 17.7. The summed E-state index contributed by atoms with van der Waals surface area (Å²) in [6, 6.07) is 17.9. The molecular formula is C22H20N2O4S2. The fraction of sp³-hybridized carbons (Fsp3) is 0.182. The van der Waals surface area contributed by atoms with Crippen LogP contribution in [0.2, 0.25) is 0 Å². The number of nitrogens with zero attached hydrogens (tertiary/aromatic N) is 1. The van der Waals surface area contributed by atoms with Crippen molar-refractivity contribution in [3.05, 3.63) is 65.1 Å². The molecule has 8 heteroatoms. The highest BCUT2D eigenvalue weighted by Crippen LogP contribution is 2.33. The molecule has 0 unspecified atom stereocenters. The van der Waals surface area contributed by atoms with Gasteiger partial charge in [0.25, 0.3) is 5.91 Å². The van der Waals surface area contributed by atoms with Crippen LogP contribution in [0.25, 0.3) is 17.2 Å². The van der Waals surface area contributed by atoms with Gasteiger partial charge in [0.2, 0.25) is 5.91 Å². The average Bonchev–Trinajstić information content (AvgIpc) is 3.00. The molecular weight excluding hydrogens is 420 g/mol. The Kier molecular flexibility index (Phi) is 7.37. The van der Waals surface area contributed by atoms with Crippen molar-refractivity contribution in [3.63, 3.8) is 0 Å². The van der Waals surface area contributed by atoms with E-state index in [2.05, 4.69) is 5.32 Å². The number of carboxylic acids is 1. The second kappa shape index (κ2) is 10.2. The standard InChI is InChI=1S/C22H20N2O4S2/c25-19(23-12-10-20(26)27)11-13-24-21(28)18(30-22(24)29)14-15-6-8-17(9-7-15)16-4-2-1-3-5-16/h1-9,14H,10-13H2,(H,23,25)(H,26,27)/b18-14-. The normalized spacial score (nSPS) is 14.9. The molecule has 2 N–H and O–H groups in total. The van der Waals surface area contributed by atoms with E-state index in [1.807, 2.05) is 54.6 Å². The van der Waals surface area contributed by atoms with E-state index in [1.165, 1.54) is 16.7 Å². The van der Waals surface area contributed by atoms with Gasteiger partial charge in [-0.25, -0.2) is 0 Å². The first-order valence-corrected chi connectivity index (χ1v) is 10.6. The Labute approximate surface area is 184 Å². The number of carboxylic acid groups (broad SMARTS) is 1. The van der Waals surface area contributed by atoms with Gasteiger partial charge < -0.3 is 10.4 Å². The van der Waals surface area contributed by atoms with E-state index in [1.54, 1.807) is 6.08 Å². The number of thiocarbonyl (C=S) groups is 1. The predicted octanol–water partition coefficient (Wildman–Crippen LogP) is 3.54. The fourth-order valence-electron chi connectivity index (χ4n) is 2.86. The van der Waals surface area contributed by atoms with Crippen LogP contribution in [0.4, 0.5) is 0 Å². The van der Waals surface area contributed by atoms with Gasteiger partial charge in [-0.05, 0) is 22.8 Å². The number of hydrogen-bond donors (Lipinski definition) is 2. The molecule has 2 amide bonds. The van der Waals surface area contributed by atoms with Crippen LogP contribution in [0.5, 0.6) is 0 Å². The highest BCUT2D eigenvalue weighted by atomic mass is 32.2. The minimum atomic E-state index is -0.978. The third-order valence-corrected chi connectivity index (χ3v) is 5.79. The molecule has 0 aliphatic carbocycles. The number of carbonyl (C=O) groups excluding carboxylic acids is 2. The van der Waals surface area contributed by atoms with Crippen LogP contribution >= 0.6 is 24.0 Å². The van der Waals surface area contributed by atoms with Crippen molar-refractivity contribution in [2.45, 2.75) is 12.8 Å². The Morgan fingerprint density at radius 1 is 1.03 bits per heavy atom. The minimum absolute atomic E-state index is 0.0606. The first kappa shape index (κ1) is 21.7. The maximum Gasteiger partial charge on any atom is 0.305 e. The number of nitrogens with one attached hydrogen (secondary N) is 1. The van der Waals surface area contributed by atoms with Crippen molar-refractivity contribution in [2.24, 2.45) is 0 Å². The highest BCUT2D eigenvalue weighted by molar-refractivity contribution is 8.26. The molecule has 2 aromatic carbocycles. The highest BCUT2D eigenvalue weighted by Gasteiger charge is 2.32. The number of rotatable bonds is 8. The van der Waals surface area contributed by atoms with Crippen molar-refractivity contribution < 1.29 is 19.5 Å². The maximum absolute atomic E-state index is 12.7. The van der Waals surface area contributed by atoms with Gasteiger partial charge in [0.1, 0.15) is 4.32 Å². The lowest BCUT2D eigenvalue weighted by atomic mass is 10.0. The molecule has 0 atom stereocenters. The van der Waals surface area contributed by atoms with Crippen LogP contribution in [-0.4, -0.2) is 45.2 Å². The SMILES string of the molecule is O=C(O)CCNC(=O)CCN1C(=O)/C(=C/c2ccc(-c3ccccc3)cc2)SC1=S. The summed E-state index contributed by atoms with van der Waals surface area (Å²) in [6.45, 7) is 0.222. The Hall–Kier alpha value is -2.97. The number of hydrogen-bond acceptors (Lipinski definition) is 5. The van der Waals surface area contributed by atoms with Crippen molar-refractivity contribution in [1.82, 2.24) is 10.2 Å². The number of amides is 2. The van der Waals surface area contributed by atoms with Gasteiger partial charge in [-0.1, -0.05) is 78.6 Å². The molecule has 3 rings (SSSR count). The summed E-state index contributed by atoms with van der Waals surface area (Å²) in [5, 5.41) is 11.1. The molecule has 2 aromatic rings. The van der Waals surface area contributed by atoms with Crippen LogP contribution < -0.4 is 5.32 Å². The summed E-state index contributed by atoms with van der Waals surface area (Å²) in [7, 11) is 0. The third-order valence-electron chi connectivity index (χ3n) is 4.41. The summed E-state index contributed by atoms with van der Waals surface area (Å²) in [5.74, 6) is -1.52. The molecule has 6 nitrogen and oxygen atoms in total. The largest absolute Gasteiger partial charge is 0.481 e. The number of thioether (sulfide) groups is 1. The Morgan fingerprint density at radius 2 is 1.70 bits per heavy atom. The number of aliphatic carboxylic acids is 1. The number of benzene rings is 2. The molecule has 0 aromatic heterocycles. The Bertz CT molecular complexity index is 988. The monoisotopic (exact) mass is 440 g/mol. The molecule has 30 heavy (non-hydrogen) atoms. The van der Waals surface area contributed by atoms with Gasteiger partial charge in [0, 0.05) is 19.5 Å². The summed E-state index contributed by atoms with van der Waals surface area (Å²) in [4.78, 5) is 36.9. The van der Waals surface area contributed by atoms with Gasteiger partial charge in [-0.15, -0.1) is 0 Å². The quantitative estimate of drug-likeness (QED) is 0.482. The molecule has 1 fully saturated rings. The Morgan fingerprint density at radius 3 is 2.37 bits per heavy atom. The van der Waals surface area contributed by atoms with Crippen molar-refractivity contribution in [3.8, 4) is 11.1 Å². The first-order chi connectivity index (χ1) is 14.4. The van der Waals surface area contributed by atoms with Crippen LogP contribution in [0, 0.1) is 0 Å². The Balaban J connectivity index is 1.59. The molecule has 0 bridgehead atoms. The smallest absolute Gasteiger partial charge is 0.305 e. The molecule has 1 saturated heterocycles. The third kappa shape index (κ3) is 5.77. The van der Waals surface area contributed by atoms with Crippen LogP contribution in [0.15, 0.2) is 59.5 Å². The van der Waals surface area contributed by atoms with Crippen LogP contribution in [-0.2, 0) is 14.4 Å². The van der Waals surface area contributed by atoms with E-state index in [-0.39, 0.29) is 37.7 Å². The topological polar surface area (TPSA) is 86.7 Å². The van der Waals surface area contributed by atoms with E-state index in [0.717, 1.165) is 16.7 Å². The molecule has 1 aliphatic rings. The summed E-state index contributed by atoms with van der Waals surface area (Å²) < 4.78 is 0.408. The van der Waals surface area contributed by atoms with Gasteiger partial charge in [0.15, 0.2) is 0 Å². The van der Waals surface area contributed by atoms with Gasteiger partial charge >= 0.3 is 5.97 Å². The predicted molar refractivity (Wildman–Crippen MR) is 122 cm³/mol. The minimum Gasteiger partial charge on any atom is -0.481 e. The molecule has 0 radical (unpaired) electrons. The van der Waals surface area contributed by atoms with Crippen molar-refractivity contribution >= 4 is 52.2 Å². The summed E-state index contributed by atoms with van der Waals surface area (Å²) in [5.41, 5.74) is 3.10. The van der Waals surface area contributed by atoms with E-state index in [0.29, 0.717) is 9.23 Å². The molecule has 1 aliphatic heterocycles. The maximum atomic E-state index is 12.7. The van der Waals surface area contributed by atoms with Crippen molar-refractivity contribution in [2.75, 3.05) is 13.1 Å².